The highest BCUT2D eigenvalue weighted by Crippen LogP contribution is 2.33. The van der Waals surface area contributed by atoms with Gasteiger partial charge in [0.25, 0.3) is 0 Å². The number of sulfone groups is 1. The van der Waals surface area contributed by atoms with Crippen molar-refractivity contribution in [2.75, 3.05) is 58.4 Å². The number of morpholine rings is 1. The quantitative estimate of drug-likeness (QED) is 0.521. The van der Waals surface area contributed by atoms with Gasteiger partial charge in [0.15, 0.2) is 5.96 Å². The van der Waals surface area contributed by atoms with Crippen molar-refractivity contribution in [1.29, 1.82) is 0 Å². The summed E-state index contributed by atoms with van der Waals surface area (Å²) in [6.07, 6.45) is 7.48. The highest BCUT2D eigenvalue weighted by molar-refractivity contribution is 7.90. The molecule has 0 aromatic carbocycles. The molecule has 2 aliphatic rings. The lowest BCUT2D eigenvalue weighted by Gasteiger charge is -2.48. The van der Waals surface area contributed by atoms with Crippen LogP contribution in [0.3, 0.4) is 0 Å². The maximum Gasteiger partial charge on any atom is 0.191 e. The van der Waals surface area contributed by atoms with E-state index in [1.807, 2.05) is 0 Å². The summed E-state index contributed by atoms with van der Waals surface area (Å²) in [5.74, 6) is 0.791. The van der Waals surface area contributed by atoms with E-state index in [0.717, 1.165) is 32.8 Å². The Bertz CT molecular complexity index is 509. The van der Waals surface area contributed by atoms with Gasteiger partial charge in [-0.15, -0.1) is 0 Å². The maximum absolute atomic E-state index is 11.2. The number of aliphatic imine (C=N–C) groups is 1. The molecule has 0 bridgehead atoms. The van der Waals surface area contributed by atoms with E-state index in [4.69, 9.17) is 4.74 Å². The minimum Gasteiger partial charge on any atom is -0.379 e. The topological polar surface area (TPSA) is 83.0 Å². The Morgan fingerprint density at radius 1 is 1.17 bits per heavy atom. The number of nitrogens with zero attached hydrogens (tertiary/aromatic N) is 2. The number of rotatable bonds is 6. The molecular weight excluding hydrogens is 328 g/mol. The van der Waals surface area contributed by atoms with Crippen LogP contribution in [0.15, 0.2) is 4.99 Å². The van der Waals surface area contributed by atoms with Gasteiger partial charge >= 0.3 is 0 Å². The Hall–Kier alpha value is -0.860. The SMILES string of the molecule is CN=C(NCCS(C)(=O)=O)NCC1(N2CCOCC2)CCCCC1. The second kappa shape index (κ2) is 9.01. The summed E-state index contributed by atoms with van der Waals surface area (Å²) in [7, 11) is -1.24. The summed E-state index contributed by atoms with van der Waals surface area (Å²) in [6.45, 7) is 4.81. The van der Waals surface area contributed by atoms with Crippen molar-refractivity contribution in [2.24, 2.45) is 4.99 Å². The lowest BCUT2D eigenvalue weighted by atomic mass is 9.80. The molecule has 1 heterocycles. The Kier molecular flexibility index (Phi) is 7.31. The third-order valence-electron chi connectivity index (χ3n) is 5.04. The standard InChI is InChI=1S/C16H32N4O3S/c1-17-15(18-8-13-24(2,21)22)19-14-16(6-4-3-5-7-16)20-9-11-23-12-10-20/h3-14H2,1-2H3,(H2,17,18,19). The van der Waals surface area contributed by atoms with Crippen molar-refractivity contribution in [3.8, 4) is 0 Å². The molecular formula is C16H32N4O3S. The first-order valence-corrected chi connectivity index (χ1v) is 11.0. The molecule has 1 saturated heterocycles. The molecule has 8 heteroatoms. The van der Waals surface area contributed by atoms with E-state index in [2.05, 4.69) is 20.5 Å². The Labute approximate surface area is 146 Å². The fraction of sp³-hybridized carbons (Fsp3) is 0.938. The smallest absolute Gasteiger partial charge is 0.191 e. The van der Waals surface area contributed by atoms with Gasteiger partial charge in [-0.3, -0.25) is 9.89 Å². The third kappa shape index (κ3) is 5.89. The molecule has 1 saturated carbocycles. The van der Waals surface area contributed by atoms with Crippen LogP contribution in [0.5, 0.6) is 0 Å². The van der Waals surface area contributed by atoms with Gasteiger partial charge in [-0.25, -0.2) is 8.42 Å². The molecule has 0 aromatic heterocycles. The van der Waals surface area contributed by atoms with Gasteiger partial charge in [0.1, 0.15) is 9.84 Å². The number of hydrogen-bond acceptors (Lipinski definition) is 5. The zero-order chi connectivity index (χ0) is 17.5. The average molecular weight is 361 g/mol. The second-order valence-corrected chi connectivity index (χ2v) is 9.13. The van der Waals surface area contributed by atoms with Gasteiger partial charge in [0.2, 0.25) is 0 Å². The van der Waals surface area contributed by atoms with Crippen molar-refractivity contribution >= 4 is 15.8 Å². The van der Waals surface area contributed by atoms with E-state index in [1.165, 1.54) is 38.4 Å². The van der Waals surface area contributed by atoms with Crippen LogP contribution in [0.25, 0.3) is 0 Å². The predicted octanol–water partition coefficient (Wildman–Crippen LogP) is 0.231. The molecule has 24 heavy (non-hydrogen) atoms. The fourth-order valence-corrected chi connectivity index (χ4v) is 4.15. The van der Waals surface area contributed by atoms with E-state index >= 15 is 0 Å². The van der Waals surface area contributed by atoms with E-state index < -0.39 is 9.84 Å². The van der Waals surface area contributed by atoms with Crippen LogP contribution < -0.4 is 10.6 Å². The van der Waals surface area contributed by atoms with E-state index in [0.29, 0.717) is 12.5 Å². The number of hydrogen-bond donors (Lipinski definition) is 2. The first-order valence-electron chi connectivity index (χ1n) is 8.90. The fourth-order valence-electron chi connectivity index (χ4n) is 3.68. The molecule has 1 aliphatic heterocycles. The van der Waals surface area contributed by atoms with Gasteiger partial charge in [0.05, 0.1) is 19.0 Å². The van der Waals surface area contributed by atoms with Crippen molar-refractivity contribution < 1.29 is 13.2 Å². The minimum absolute atomic E-state index is 0.113. The van der Waals surface area contributed by atoms with Crippen molar-refractivity contribution in [2.45, 2.75) is 37.6 Å². The van der Waals surface area contributed by atoms with Crippen molar-refractivity contribution in [1.82, 2.24) is 15.5 Å². The van der Waals surface area contributed by atoms with Crippen LogP contribution in [-0.2, 0) is 14.6 Å². The first-order chi connectivity index (χ1) is 11.5. The van der Waals surface area contributed by atoms with Gasteiger partial charge in [-0.2, -0.15) is 0 Å². The Morgan fingerprint density at radius 2 is 1.83 bits per heavy atom. The molecule has 0 spiro atoms. The largest absolute Gasteiger partial charge is 0.379 e. The van der Waals surface area contributed by atoms with Crippen molar-refractivity contribution in [3.63, 3.8) is 0 Å². The highest BCUT2D eigenvalue weighted by atomic mass is 32.2. The van der Waals surface area contributed by atoms with Gasteiger partial charge in [-0.1, -0.05) is 19.3 Å². The molecule has 2 fully saturated rings. The van der Waals surface area contributed by atoms with Crippen LogP contribution >= 0.6 is 0 Å². The summed E-state index contributed by atoms with van der Waals surface area (Å²) in [5.41, 5.74) is 0.163. The number of guanidine groups is 1. The zero-order valence-electron chi connectivity index (χ0n) is 15.0. The first kappa shape index (κ1) is 19.5. The van der Waals surface area contributed by atoms with Crippen LogP contribution in [0.4, 0.5) is 0 Å². The number of ether oxygens (including phenoxy) is 1. The summed E-state index contributed by atoms with van der Waals surface area (Å²) in [4.78, 5) is 6.80. The van der Waals surface area contributed by atoms with Gasteiger partial charge < -0.3 is 15.4 Å². The Balaban J connectivity index is 1.91. The third-order valence-corrected chi connectivity index (χ3v) is 5.99. The van der Waals surface area contributed by atoms with Gasteiger partial charge in [-0.05, 0) is 12.8 Å². The molecule has 0 aromatic rings. The normalized spacial score (nSPS) is 23.0. The van der Waals surface area contributed by atoms with E-state index in [9.17, 15) is 8.42 Å². The molecule has 0 unspecified atom stereocenters. The maximum atomic E-state index is 11.2. The molecule has 7 nitrogen and oxygen atoms in total. The number of nitrogens with one attached hydrogen (secondary N) is 2. The average Bonchev–Trinajstić information content (AvgIpc) is 2.58. The van der Waals surface area contributed by atoms with Crippen LogP contribution in [0, 0.1) is 0 Å². The lowest BCUT2D eigenvalue weighted by molar-refractivity contribution is -0.0352. The molecule has 0 atom stereocenters. The highest BCUT2D eigenvalue weighted by Gasteiger charge is 2.38. The summed E-state index contributed by atoms with van der Waals surface area (Å²) < 4.78 is 28.0. The molecule has 2 N–H and O–H groups in total. The molecule has 0 amide bonds. The predicted molar refractivity (Wildman–Crippen MR) is 97.3 cm³/mol. The van der Waals surface area contributed by atoms with E-state index in [-0.39, 0.29) is 11.3 Å². The molecule has 1 aliphatic carbocycles. The van der Waals surface area contributed by atoms with Crippen LogP contribution in [0.1, 0.15) is 32.1 Å². The van der Waals surface area contributed by atoms with E-state index in [1.54, 1.807) is 7.05 Å². The molecule has 2 rings (SSSR count). The van der Waals surface area contributed by atoms with Crippen LogP contribution in [0.2, 0.25) is 0 Å². The lowest BCUT2D eigenvalue weighted by Crippen LogP contribution is -2.60. The second-order valence-electron chi connectivity index (χ2n) is 6.87. The molecule has 0 radical (unpaired) electrons. The summed E-state index contributed by atoms with van der Waals surface area (Å²) in [6, 6.07) is 0. The monoisotopic (exact) mass is 360 g/mol. The zero-order valence-corrected chi connectivity index (χ0v) is 15.8. The van der Waals surface area contributed by atoms with Gasteiger partial charge in [0, 0.05) is 45.0 Å². The summed E-state index contributed by atoms with van der Waals surface area (Å²) in [5, 5.41) is 6.53. The minimum atomic E-state index is -2.96. The Morgan fingerprint density at radius 3 is 2.42 bits per heavy atom. The summed E-state index contributed by atoms with van der Waals surface area (Å²) >= 11 is 0. The molecule has 140 valence electrons. The van der Waals surface area contributed by atoms with Crippen molar-refractivity contribution in [3.05, 3.63) is 0 Å². The van der Waals surface area contributed by atoms with Crippen LogP contribution in [-0.4, -0.2) is 83.3 Å².